The molecule has 14 heavy (non-hydrogen) atoms. The Morgan fingerprint density at radius 2 is 2.29 bits per heavy atom. The van der Waals surface area contributed by atoms with Gasteiger partial charge in [0.25, 0.3) is 0 Å². The van der Waals surface area contributed by atoms with E-state index in [-0.39, 0.29) is 12.4 Å². The summed E-state index contributed by atoms with van der Waals surface area (Å²) in [4.78, 5) is 0. The molecule has 0 saturated carbocycles. The van der Waals surface area contributed by atoms with E-state index in [1.807, 2.05) is 6.07 Å². The molecular formula is C10H11FN2O. The minimum absolute atomic E-state index is 0.133. The fourth-order valence-electron chi connectivity index (χ4n) is 0.920. The summed E-state index contributed by atoms with van der Waals surface area (Å²) < 4.78 is 18.1. The number of nitrogens with zero attached hydrogens (tertiary/aromatic N) is 1. The van der Waals surface area contributed by atoms with Crippen molar-refractivity contribution in [2.45, 2.75) is 6.04 Å². The molecule has 0 fully saturated rings. The fraction of sp³-hybridized carbons (Fsp3) is 0.300. The van der Waals surface area contributed by atoms with Crippen LogP contribution in [-0.4, -0.2) is 19.7 Å². The third-order valence-corrected chi connectivity index (χ3v) is 1.75. The van der Waals surface area contributed by atoms with Crippen molar-refractivity contribution in [2.75, 3.05) is 13.7 Å². The van der Waals surface area contributed by atoms with Gasteiger partial charge in [-0.25, -0.2) is 4.39 Å². The number of para-hydroxylation sites is 1. The molecule has 1 aromatic rings. The van der Waals surface area contributed by atoms with Crippen molar-refractivity contribution in [2.24, 2.45) is 0 Å². The molecule has 0 spiro atoms. The molecule has 74 valence electrons. The fourth-order valence-corrected chi connectivity index (χ4v) is 0.920. The van der Waals surface area contributed by atoms with Crippen LogP contribution in [0.1, 0.15) is 0 Å². The van der Waals surface area contributed by atoms with Gasteiger partial charge >= 0.3 is 0 Å². The Bertz CT molecular complexity index is 335. The lowest BCUT2D eigenvalue weighted by atomic mass is 10.3. The van der Waals surface area contributed by atoms with E-state index in [2.05, 4.69) is 5.32 Å². The topological polar surface area (TPSA) is 45.0 Å². The summed E-state index contributed by atoms with van der Waals surface area (Å²) in [7, 11) is 1.65. The van der Waals surface area contributed by atoms with Crippen LogP contribution in [0.3, 0.4) is 0 Å². The molecule has 0 aliphatic rings. The van der Waals surface area contributed by atoms with Gasteiger partial charge in [-0.05, 0) is 19.2 Å². The minimum Gasteiger partial charge on any atom is -0.488 e. The van der Waals surface area contributed by atoms with Gasteiger partial charge in [0.15, 0.2) is 11.6 Å². The molecule has 0 bridgehead atoms. The van der Waals surface area contributed by atoms with Crippen LogP contribution in [0, 0.1) is 17.1 Å². The minimum atomic E-state index is -0.422. The van der Waals surface area contributed by atoms with Crippen LogP contribution in [0.2, 0.25) is 0 Å². The van der Waals surface area contributed by atoms with Crippen LogP contribution in [0.5, 0.6) is 5.75 Å². The zero-order chi connectivity index (χ0) is 10.4. The van der Waals surface area contributed by atoms with Crippen molar-refractivity contribution in [3.05, 3.63) is 30.1 Å². The molecule has 1 rings (SSSR count). The van der Waals surface area contributed by atoms with Gasteiger partial charge in [0.2, 0.25) is 0 Å². The molecule has 0 aliphatic carbocycles. The third-order valence-electron chi connectivity index (χ3n) is 1.75. The number of halogens is 1. The predicted molar refractivity (Wildman–Crippen MR) is 50.4 cm³/mol. The number of rotatable bonds is 4. The van der Waals surface area contributed by atoms with Gasteiger partial charge in [-0.2, -0.15) is 5.26 Å². The SMILES string of the molecule is CNC(C#N)COc1ccccc1F. The summed E-state index contributed by atoms with van der Waals surface area (Å²) >= 11 is 0. The van der Waals surface area contributed by atoms with Gasteiger partial charge in [-0.1, -0.05) is 12.1 Å². The number of likely N-dealkylation sites (N-methyl/N-ethyl adjacent to an activating group) is 1. The van der Waals surface area contributed by atoms with Crippen molar-refractivity contribution >= 4 is 0 Å². The number of ether oxygens (including phenoxy) is 1. The second-order valence-corrected chi connectivity index (χ2v) is 2.71. The molecule has 1 atom stereocenters. The average molecular weight is 194 g/mol. The van der Waals surface area contributed by atoms with E-state index in [1.165, 1.54) is 12.1 Å². The first-order chi connectivity index (χ1) is 6.77. The van der Waals surface area contributed by atoms with E-state index in [0.29, 0.717) is 0 Å². The first-order valence-electron chi connectivity index (χ1n) is 4.22. The van der Waals surface area contributed by atoms with Crippen molar-refractivity contribution in [1.82, 2.24) is 5.32 Å². The quantitative estimate of drug-likeness (QED) is 0.786. The lowest BCUT2D eigenvalue weighted by Crippen LogP contribution is -2.30. The lowest BCUT2D eigenvalue weighted by molar-refractivity contribution is 0.281. The summed E-state index contributed by atoms with van der Waals surface area (Å²) in [6.07, 6.45) is 0. The number of benzene rings is 1. The van der Waals surface area contributed by atoms with Crippen molar-refractivity contribution < 1.29 is 9.13 Å². The molecule has 0 heterocycles. The molecule has 0 amide bonds. The van der Waals surface area contributed by atoms with E-state index in [0.717, 1.165) is 0 Å². The standard InChI is InChI=1S/C10H11FN2O/c1-13-8(6-12)7-14-10-5-3-2-4-9(10)11/h2-5,8,13H,7H2,1H3. The van der Waals surface area contributed by atoms with Gasteiger partial charge in [0.1, 0.15) is 12.6 Å². The average Bonchev–Trinajstić information content (AvgIpc) is 2.22. The smallest absolute Gasteiger partial charge is 0.165 e. The highest BCUT2D eigenvalue weighted by molar-refractivity contribution is 5.23. The maximum Gasteiger partial charge on any atom is 0.165 e. The van der Waals surface area contributed by atoms with Crippen molar-refractivity contribution in [1.29, 1.82) is 5.26 Å². The molecule has 4 heteroatoms. The van der Waals surface area contributed by atoms with Gasteiger partial charge < -0.3 is 10.1 Å². The van der Waals surface area contributed by atoms with E-state index >= 15 is 0 Å². The van der Waals surface area contributed by atoms with Gasteiger partial charge in [0.05, 0.1) is 6.07 Å². The molecule has 1 aromatic carbocycles. The Kier molecular flexibility index (Phi) is 3.89. The number of hydrogen-bond acceptors (Lipinski definition) is 3. The van der Waals surface area contributed by atoms with Crippen LogP contribution in [0.15, 0.2) is 24.3 Å². The molecule has 0 radical (unpaired) electrons. The summed E-state index contributed by atoms with van der Waals surface area (Å²) in [6, 6.07) is 7.67. The van der Waals surface area contributed by atoms with E-state index in [4.69, 9.17) is 10.00 Å². The summed E-state index contributed by atoms with van der Waals surface area (Å²) in [5, 5.41) is 11.3. The Hall–Kier alpha value is -1.60. The Labute approximate surface area is 82.1 Å². The third kappa shape index (κ3) is 2.71. The van der Waals surface area contributed by atoms with Crippen molar-refractivity contribution in [3.8, 4) is 11.8 Å². The number of nitrogens with one attached hydrogen (secondary N) is 1. The summed E-state index contributed by atoms with van der Waals surface area (Å²) in [5.74, 6) is -0.247. The molecule has 0 saturated heterocycles. The highest BCUT2D eigenvalue weighted by Gasteiger charge is 2.06. The molecule has 1 unspecified atom stereocenters. The van der Waals surface area contributed by atoms with E-state index < -0.39 is 11.9 Å². The maximum atomic E-state index is 13.0. The van der Waals surface area contributed by atoms with E-state index in [9.17, 15) is 4.39 Å². The number of hydrogen-bond donors (Lipinski definition) is 1. The normalized spacial score (nSPS) is 11.8. The molecule has 0 aromatic heterocycles. The maximum absolute atomic E-state index is 13.0. The second kappa shape index (κ2) is 5.20. The van der Waals surface area contributed by atoms with Gasteiger partial charge in [0, 0.05) is 0 Å². The molecular weight excluding hydrogens is 183 g/mol. The first kappa shape index (κ1) is 10.5. The Morgan fingerprint density at radius 3 is 2.86 bits per heavy atom. The van der Waals surface area contributed by atoms with Crippen LogP contribution >= 0.6 is 0 Å². The molecule has 3 nitrogen and oxygen atoms in total. The van der Waals surface area contributed by atoms with Gasteiger partial charge in [-0.15, -0.1) is 0 Å². The van der Waals surface area contributed by atoms with Crippen LogP contribution in [0.4, 0.5) is 4.39 Å². The lowest BCUT2D eigenvalue weighted by Gasteiger charge is -2.10. The van der Waals surface area contributed by atoms with Crippen LogP contribution in [-0.2, 0) is 0 Å². The predicted octanol–water partition coefficient (Wildman–Crippen LogP) is 1.32. The molecule has 0 aliphatic heterocycles. The second-order valence-electron chi connectivity index (χ2n) is 2.71. The highest BCUT2D eigenvalue weighted by atomic mass is 19.1. The molecule has 1 N–H and O–H groups in total. The monoisotopic (exact) mass is 194 g/mol. The van der Waals surface area contributed by atoms with Crippen LogP contribution in [0.25, 0.3) is 0 Å². The van der Waals surface area contributed by atoms with Crippen molar-refractivity contribution in [3.63, 3.8) is 0 Å². The Balaban J connectivity index is 2.54. The van der Waals surface area contributed by atoms with E-state index in [1.54, 1.807) is 19.2 Å². The van der Waals surface area contributed by atoms with Gasteiger partial charge in [-0.3, -0.25) is 0 Å². The zero-order valence-electron chi connectivity index (χ0n) is 7.83. The Morgan fingerprint density at radius 1 is 1.57 bits per heavy atom. The summed E-state index contributed by atoms with van der Waals surface area (Å²) in [5.41, 5.74) is 0. The van der Waals surface area contributed by atoms with Crippen LogP contribution < -0.4 is 10.1 Å². The summed E-state index contributed by atoms with van der Waals surface area (Å²) in [6.45, 7) is 0.133. The number of nitriles is 1. The zero-order valence-corrected chi connectivity index (χ0v) is 7.83. The highest BCUT2D eigenvalue weighted by Crippen LogP contribution is 2.15. The largest absolute Gasteiger partial charge is 0.488 e. The first-order valence-corrected chi connectivity index (χ1v) is 4.22.